The summed E-state index contributed by atoms with van der Waals surface area (Å²) in [4.78, 5) is 0. The molecule has 0 heterocycles. The van der Waals surface area contributed by atoms with Gasteiger partial charge in [-0.1, -0.05) is 38.1 Å². The van der Waals surface area contributed by atoms with Crippen LogP contribution in [-0.2, 0) is 12.8 Å². The van der Waals surface area contributed by atoms with Crippen molar-refractivity contribution in [1.82, 2.24) is 0 Å². The van der Waals surface area contributed by atoms with E-state index >= 15 is 0 Å². The number of aliphatic hydroxyl groups is 1. The van der Waals surface area contributed by atoms with Crippen molar-refractivity contribution in [3.63, 3.8) is 0 Å². The Balaban J connectivity index is 1.78. The predicted molar refractivity (Wildman–Crippen MR) is 88.6 cm³/mol. The smallest absolute Gasteiger partial charge is 0.122 e. The van der Waals surface area contributed by atoms with Gasteiger partial charge in [-0.25, -0.2) is 0 Å². The third-order valence-corrected chi connectivity index (χ3v) is 3.50. The second kappa shape index (κ2) is 8.44. The number of rotatable bonds is 8. The Bertz CT molecular complexity index is 529. The van der Waals surface area contributed by atoms with Crippen LogP contribution in [0.4, 0.5) is 0 Å². The molecule has 0 unspecified atom stereocenters. The SMILES string of the molecule is CCc1cccc(OCC(O)COc2cccc(CC)c2)c1. The van der Waals surface area contributed by atoms with E-state index in [1.807, 2.05) is 36.4 Å². The van der Waals surface area contributed by atoms with Crippen LogP contribution >= 0.6 is 0 Å². The zero-order chi connectivity index (χ0) is 15.8. The monoisotopic (exact) mass is 300 g/mol. The molecule has 0 fully saturated rings. The molecule has 1 N–H and O–H groups in total. The van der Waals surface area contributed by atoms with E-state index in [1.165, 1.54) is 11.1 Å². The zero-order valence-electron chi connectivity index (χ0n) is 13.3. The summed E-state index contributed by atoms with van der Waals surface area (Å²) in [7, 11) is 0. The van der Waals surface area contributed by atoms with Gasteiger partial charge >= 0.3 is 0 Å². The van der Waals surface area contributed by atoms with Gasteiger partial charge in [0.25, 0.3) is 0 Å². The fraction of sp³-hybridized carbons (Fsp3) is 0.368. The Morgan fingerprint density at radius 2 is 1.27 bits per heavy atom. The van der Waals surface area contributed by atoms with E-state index in [0.717, 1.165) is 24.3 Å². The molecule has 2 aromatic rings. The standard InChI is InChI=1S/C19H24O3/c1-3-15-7-5-9-18(11-15)21-13-17(20)14-22-19-10-6-8-16(4-2)12-19/h5-12,17,20H,3-4,13-14H2,1-2H3. The molecule has 0 aromatic heterocycles. The lowest BCUT2D eigenvalue weighted by atomic mass is 10.2. The van der Waals surface area contributed by atoms with Crippen LogP contribution in [0, 0.1) is 0 Å². The van der Waals surface area contributed by atoms with Crippen molar-refractivity contribution in [3.8, 4) is 11.5 Å². The highest BCUT2D eigenvalue weighted by molar-refractivity contribution is 5.29. The van der Waals surface area contributed by atoms with Crippen LogP contribution in [-0.4, -0.2) is 24.4 Å². The lowest BCUT2D eigenvalue weighted by molar-refractivity contribution is 0.0626. The van der Waals surface area contributed by atoms with Crippen molar-refractivity contribution in [2.24, 2.45) is 0 Å². The molecule has 3 heteroatoms. The van der Waals surface area contributed by atoms with E-state index in [4.69, 9.17) is 9.47 Å². The summed E-state index contributed by atoms with van der Waals surface area (Å²) in [6, 6.07) is 15.9. The first kappa shape index (κ1) is 16.4. The quantitative estimate of drug-likeness (QED) is 0.809. The fourth-order valence-electron chi connectivity index (χ4n) is 2.14. The molecule has 2 aromatic carbocycles. The number of benzene rings is 2. The molecule has 0 aliphatic rings. The average molecular weight is 300 g/mol. The third kappa shape index (κ3) is 5.08. The summed E-state index contributed by atoms with van der Waals surface area (Å²) in [6.45, 7) is 4.65. The van der Waals surface area contributed by atoms with Crippen LogP contribution in [0.15, 0.2) is 48.5 Å². The maximum atomic E-state index is 9.97. The lowest BCUT2D eigenvalue weighted by Crippen LogP contribution is -2.25. The maximum Gasteiger partial charge on any atom is 0.122 e. The molecule has 0 saturated carbocycles. The number of ether oxygens (including phenoxy) is 2. The topological polar surface area (TPSA) is 38.7 Å². The second-order valence-electron chi connectivity index (χ2n) is 5.28. The number of hydrogen-bond donors (Lipinski definition) is 1. The van der Waals surface area contributed by atoms with E-state index in [-0.39, 0.29) is 13.2 Å². The van der Waals surface area contributed by atoms with E-state index in [9.17, 15) is 5.11 Å². The van der Waals surface area contributed by atoms with Gasteiger partial charge in [0.15, 0.2) is 0 Å². The summed E-state index contributed by atoms with van der Waals surface area (Å²) in [5, 5.41) is 9.97. The van der Waals surface area contributed by atoms with E-state index in [1.54, 1.807) is 0 Å². The van der Waals surface area contributed by atoms with Crippen molar-refractivity contribution in [2.45, 2.75) is 32.8 Å². The van der Waals surface area contributed by atoms with Gasteiger partial charge < -0.3 is 14.6 Å². The minimum absolute atomic E-state index is 0.223. The van der Waals surface area contributed by atoms with Crippen molar-refractivity contribution in [1.29, 1.82) is 0 Å². The zero-order valence-corrected chi connectivity index (χ0v) is 13.3. The number of aliphatic hydroxyl groups excluding tert-OH is 1. The molecular formula is C19H24O3. The first-order valence-electron chi connectivity index (χ1n) is 7.82. The lowest BCUT2D eigenvalue weighted by Gasteiger charge is -2.14. The van der Waals surface area contributed by atoms with Crippen LogP contribution in [0.1, 0.15) is 25.0 Å². The summed E-state index contributed by atoms with van der Waals surface area (Å²) in [6.07, 6.45) is 1.28. The van der Waals surface area contributed by atoms with E-state index in [2.05, 4.69) is 26.0 Å². The van der Waals surface area contributed by atoms with E-state index < -0.39 is 6.10 Å². The fourth-order valence-corrected chi connectivity index (χ4v) is 2.14. The van der Waals surface area contributed by atoms with Gasteiger partial charge in [0, 0.05) is 0 Å². The molecule has 0 saturated heterocycles. The van der Waals surface area contributed by atoms with Gasteiger partial charge in [-0.3, -0.25) is 0 Å². The van der Waals surface area contributed by atoms with Crippen LogP contribution in [0.2, 0.25) is 0 Å². The molecule has 0 atom stereocenters. The van der Waals surface area contributed by atoms with Gasteiger partial charge in [-0.2, -0.15) is 0 Å². The molecule has 118 valence electrons. The highest BCUT2D eigenvalue weighted by atomic mass is 16.5. The van der Waals surface area contributed by atoms with E-state index in [0.29, 0.717) is 0 Å². The summed E-state index contributed by atoms with van der Waals surface area (Å²) in [5.41, 5.74) is 2.44. The highest BCUT2D eigenvalue weighted by Gasteiger charge is 2.07. The number of aryl methyl sites for hydroxylation is 2. The average Bonchev–Trinajstić information content (AvgIpc) is 2.58. The Hall–Kier alpha value is -2.00. The number of hydrogen-bond acceptors (Lipinski definition) is 3. The minimum Gasteiger partial charge on any atom is -0.491 e. The second-order valence-corrected chi connectivity index (χ2v) is 5.28. The molecule has 0 bridgehead atoms. The molecule has 22 heavy (non-hydrogen) atoms. The Morgan fingerprint density at radius 1 is 0.818 bits per heavy atom. The highest BCUT2D eigenvalue weighted by Crippen LogP contribution is 2.15. The van der Waals surface area contributed by atoms with Crippen LogP contribution in [0.3, 0.4) is 0 Å². The molecule has 0 spiro atoms. The van der Waals surface area contributed by atoms with Gasteiger partial charge in [-0.05, 0) is 48.2 Å². The normalized spacial score (nSPS) is 10.7. The minimum atomic E-state index is -0.657. The summed E-state index contributed by atoms with van der Waals surface area (Å²) >= 11 is 0. The Labute approximate surface area is 132 Å². The summed E-state index contributed by atoms with van der Waals surface area (Å²) < 4.78 is 11.2. The third-order valence-electron chi connectivity index (χ3n) is 3.50. The molecule has 0 aliphatic carbocycles. The van der Waals surface area contributed by atoms with Crippen molar-refractivity contribution < 1.29 is 14.6 Å². The first-order valence-corrected chi connectivity index (χ1v) is 7.82. The van der Waals surface area contributed by atoms with Crippen molar-refractivity contribution >= 4 is 0 Å². The predicted octanol–water partition coefficient (Wildman–Crippen LogP) is 3.63. The molecule has 0 amide bonds. The molecular weight excluding hydrogens is 276 g/mol. The molecule has 3 nitrogen and oxygen atoms in total. The van der Waals surface area contributed by atoms with Crippen LogP contribution in [0.25, 0.3) is 0 Å². The van der Waals surface area contributed by atoms with Gasteiger partial charge in [0.05, 0.1) is 0 Å². The molecule has 2 rings (SSSR count). The summed E-state index contributed by atoms with van der Waals surface area (Å²) in [5.74, 6) is 1.57. The maximum absolute atomic E-state index is 9.97. The van der Waals surface area contributed by atoms with Crippen LogP contribution in [0.5, 0.6) is 11.5 Å². The van der Waals surface area contributed by atoms with Gasteiger partial charge in [0.2, 0.25) is 0 Å². The van der Waals surface area contributed by atoms with Gasteiger partial charge in [-0.15, -0.1) is 0 Å². The Kier molecular flexibility index (Phi) is 6.28. The van der Waals surface area contributed by atoms with Crippen molar-refractivity contribution in [3.05, 3.63) is 59.7 Å². The van der Waals surface area contributed by atoms with Gasteiger partial charge in [0.1, 0.15) is 30.8 Å². The molecule has 0 radical (unpaired) electrons. The largest absolute Gasteiger partial charge is 0.491 e. The molecule has 0 aliphatic heterocycles. The van der Waals surface area contributed by atoms with Crippen molar-refractivity contribution in [2.75, 3.05) is 13.2 Å². The first-order chi connectivity index (χ1) is 10.7. The van der Waals surface area contributed by atoms with Crippen LogP contribution < -0.4 is 9.47 Å². The Morgan fingerprint density at radius 3 is 1.68 bits per heavy atom.